The van der Waals surface area contributed by atoms with Crippen LogP contribution in [-0.2, 0) is 0 Å². The number of carbonyl (C=O) groups is 2. The summed E-state index contributed by atoms with van der Waals surface area (Å²) in [6, 6.07) is 17.1. The van der Waals surface area contributed by atoms with Gasteiger partial charge in [-0.1, -0.05) is 18.2 Å². The van der Waals surface area contributed by atoms with Crippen molar-refractivity contribution in [2.45, 2.75) is 0 Å². The van der Waals surface area contributed by atoms with Gasteiger partial charge in [-0.15, -0.1) is 0 Å². The molecule has 0 radical (unpaired) electrons. The van der Waals surface area contributed by atoms with Crippen LogP contribution in [0, 0.1) is 0 Å². The largest absolute Gasteiger partial charge is 0.326 e. The third kappa shape index (κ3) is 3.83. The highest BCUT2D eigenvalue weighted by molar-refractivity contribution is 6.09. The molecule has 0 spiro atoms. The Morgan fingerprint density at radius 1 is 0.750 bits per heavy atom. The summed E-state index contributed by atoms with van der Waals surface area (Å²) < 4.78 is 0. The molecule has 0 atom stereocenters. The number of hydrogen-bond acceptors (Lipinski definition) is 5. The number of nitrogens with zero attached hydrogens (tertiary/aromatic N) is 3. The molecule has 2 aromatic carbocycles. The number of hydrogen-bond donors (Lipinski definition) is 2. The zero-order chi connectivity index (χ0) is 19.3. The van der Waals surface area contributed by atoms with Gasteiger partial charge in [0.2, 0.25) is 0 Å². The van der Waals surface area contributed by atoms with E-state index >= 15 is 0 Å². The molecule has 0 fully saturated rings. The Hall–Kier alpha value is -4.13. The van der Waals surface area contributed by atoms with E-state index in [-0.39, 0.29) is 0 Å². The van der Waals surface area contributed by atoms with Crippen molar-refractivity contribution in [1.82, 2.24) is 20.3 Å². The minimum atomic E-state index is -0.623. The zero-order valence-electron chi connectivity index (χ0n) is 14.7. The number of nitrogens with one attached hydrogen (secondary N) is 2. The van der Waals surface area contributed by atoms with Crippen molar-refractivity contribution in [3.8, 4) is 11.3 Å². The lowest BCUT2D eigenvalue weighted by Gasteiger charge is -2.08. The van der Waals surface area contributed by atoms with Gasteiger partial charge >= 0.3 is 6.03 Å². The van der Waals surface area contributed by atoms with Crippen LogP contribution < -0.4 is 10.6 Å². The summed E-state index contributed by atoms with van der Waals surface area (Å²) in [7, 11) is 0. The number of fused-ring (bicyclic) bond motifs is 1. The molecule has 0 saturated carbocycles. The van der Waals surface area contributed by atoms with Crippen LogP contribution >= 0.6 is 0 Å². The molecule has 0 bridgehead atoms. The quantitative estimate of drug-likeness (QED) is 0.574. The molecule has 2 N–H and O–H groups in total. The fraction of sp³-hybridized carbons (Fsp3) is 0. The number of carbonyl (C=O) groups excluding carboxylic acids is 2. The molecule has 4 rings (SSSR count). The standard InChI is InChI=1S/C21H15N5O2/c27-20(15-7-8-18-19(13-15)24-11-10-23-18)26-21(28)25-16-5-3-4-14(12-16)17-6-1-2-9-22-17/h1-13H,(H2,25,26,27,28). The lowest BCUT2D eigenvalue weighted by atomic mass is 10.1. The summed E-state index contributed by atoms with van der Waals surface area (Å²) in [4.78, 5) is 37.2. The van der Waals surface area contributed by atoms with E-state index in [2.05, 4.69) is 25.6 Å². The fourth-order valence-corrected chi connectivity index (χ4v) is 2.73. The average molecular weight is 369 g/mol. The van der Waals surface area contributed by atoms with Gasteiger partial charge in [0.05, 0.1) is 16.7 Å². The van der Waals surface area contributed by atoms with Crippen LogP contribution in [0.25, 0.3) is 22.3 Å². The molecular formula is C21H15N5O2. The number of aromatic nitrogens is 3. The van der Waals surface area contributed by atoms with Crippen molar-refractivity contribution >= 4 is 28.7 Å². The molecule has 4 aromatic rings. The van der Waals surface area contributed by atoms with E-state index in [0.29, 0.717) is 22.3 Å². The molecule has 2 heterocycles. The summed E-state index contributed by atoms with van der Waals surface area (Å²) >= 11 is 0. The maximum Gasteiger partial charge on any atom is 0.326 e. The molecule has 0 unspecified atom stereocenters. The molecule has 2 aromatic heterocycles. The van der Waals surface area contributed by atoms with Crippen molar-refractivity contribution in [1.29, 1.82) is 0 Å². The van der Waals surface area contributed by atoms with Crippen LogP contribution in [0.3, 0.4) is 0 Å². The average Bonchev–Trinajstić information content (AvgIpc) is 2.74. The summed E-state index contributed by atoms with van der Waals surface area (Å²) in [6.07, 6.45) is 4.83. The first-order valence-electron chi connectivity index (χ1n) is 8.54. The van der Waals surface area contributed by atoms with Gasteiger partial charge in [0.1, 0.15) is 0 Å². The number of anilines is 1. The molecule has 0 aliphatic heterocycles. The van der Waals surface area contributed by atoms with Crippen LogP contribution in [0.4, 0.5) is 10.5 Å². The second-order valence-electron chi connectivity index (χ2n) is 5.96. The van der Waals surface area contributed by atoms with Gasteiger partial charge in [-0.3, -0.25) is 25.1 Å². The van der Waals surface area contributed by atoms with Gasteiger partial charge in [-0.25, -0.2) is 4.79 Å². The molecule has 7 heteroatoms. The van der Waals surface area contributed by atoms with Gasteiger partial charge in [0, 0.05) is 35.4 Å². The lowest BCUT2D eigenvalue weighted by Crippen LogP contribution is -2.34. The Bertz CT molecular complexity index is 1160. The van der Waals surface area contributed by atoms with Crippen molar-refractivity contribution < 1.29 is 9.59 Å². The monoisotopic (exact) mass is 369 g/mol. The molecule has 0 saturated heterocycles. The van der Waals surface area contributed by atoms with Gasteiger partial charge in [0.25, 0.3) is 5.91 Å². The molecular weight excluding hydrogens is 354 g/mol. The van der Waals surface area contributed by atoms with Gasteiger partial charge in [-0.2, -0.15) is 0 Å². The zero-order valence-corrected chi connectivity index (χ0v) is 14.7. The van der Waals surface area contributed by atoms with Gasteiger partial charge in [-0.05, 0) is 42.5 Å². The van der Waals surface area contributed by atoms with Crippen molar-refractivity contribution in [3.63, 3.8) is 0 Å². The molecule has 7 nitrogen and oxygen atoms in total. The topological polar surface area (TPSA) is 96.9 Å². The van der Waals surface area contributed by atoms with E-state index in [9.17, 15) is 9.59 Å². The Morgan fingerprint density at radius 2 is 1.61 bits per heavy atom. The van der Waals surface area contributed by atoms with E-state index in [4.69, 9.17) is 0 Å². The number of benzene rings is 2. The van der Waals surface area contributed by atoms with Crippen molar-refractivity contribution in [3.05, 3.63) is 84.8 Å². The summed E-state index contributed by atoms with van der Waals surface area (Å²) in [5, 5.41) is 4.98. The highest BCUT2D eigenvalue weighted by atomic mass is 16.2. The van der Waals surface area contributed by atoms with Gasteiger partial charge < -0.3 is 5.32 Å². The SMILES string of the molecule is O=C(NC(=O)c1ccc2nccnc2c1)Nc1cccc(-c2ccccn2)c1. The van der Waals surface area contributed by atoms with Crippen LogP contribution in [-0.4, -0.2) is 26.9 Å². The van der Waals surface area contributed by atoms with Crippen LogP contribution in [0.15, 0.2) is 79.3 Å². The Labute approximate surface area is 160 Å². The highest BCUT2D eigenvalue weighted by Crippen LogP contribution is 2.20. The minimum absolute atomic E-state index is 0.324. The van der Waals surface area contributed by atoms with E-state index in [1.54, 1.807) is 48.9 Å². The van der Waals surface area contributed by atoms with Crippen molar-refractivity contribution in [2.24, 2.45) is 0 Å². The number of imide groups is 1. The first-order valence-corrected chi connectivity index (χ1v) is 8.54. The first-order chi connectivity index (χ1) is 13.7. The van der Waals surface area contributed by atoms with E-state index in [1.807, 2.05) is 30.3 Å². The predicted octanol–water partition coefficient (Wildman–Crippen LogP) is 3.65. The number of pyridine rings is 1. The highest BCUT2D eigenvalue weighted by Gasteiger charge is 2.12. The fourth-order valence-electron chi connectivity index (χ4n) is 2.73. The maximum absolute atomic E-state index is 12.3. The second-order valence-corrected chi connectivity index (χ2v) is 5.96. The van der Waals surface area contributed by atoms with Crippen molar-refractivity contribution in [2.75, 3.05) is 5.32 Å². The molecule has 136 valence electrons. The van der Waals surface area contributed by atoms with E-state index < -0.39 is 11.9 Å². The van der Waals surface area contributed by atoms with E-state index in [0.717, 1.165) is 11.3 Å². The van der Waals surface area contributed by atoms with Gasteiger partial charge in [0.15, 0.2) is 0 Å². The number of urea groups is 1. The molecule has 28 heavy (non-hydrogen) atoms. The summed E-state index contributed by atoms with van der Waals surface area (Å²) in [5.74, 6) is -0.522. The lowest BCUT2D eigenvalue weighted by molar-refractivity contribution is 0.0967. The van der Waals surface area contributed by atoms with E-state index in [1.165, 1.54) is 0 Å². The Balaban J connectivity index is 1.46. The summed E-state index contributed by atoms with van der Waals surface area (Å²) in [6.45, 7) is 0. The van der Waals surface area contributed by atoms with Crippen LogP contribution in [0.2, 0.25) is 0 Å². The Kier molecular flexibility index (Phi) is 4.71. The number of rotatable bonds is 3. The van der Waals surface area contributed by atoms with Crippen LogP contribution in [0.1, 0.15) is 10.4 Å². The second kappa shape index (κ2) is 7.63. The normalized spacial score (nSPS) is 10.4. The molecule has 0 aliphatic carbocycles. The third-order valence-electron chi connectivity index (χ3n) is 4.04. The first kappa shape index (κ1) is 17.3. The molecule has 3 amide bonds. The van der Waals surface area contributed by atoms with Crippen LogP contribution in [0.5, 0.6) is 0 Å². The Morgan fingerprint density at radius 3 is 2.43 bits per heavy atom. The minimum Gasteiger partial charge on any atom is -0.308 e. The third-order valence-corrected chi connectivity index (χ3v) is 4.04. The summed E-state index contributed by atoms with van der Waals surface area (Å²) in [5.41, 5.74) is 3.79. The number of amides is 3. The predicted molar refractivity (Wildman–Crippen MR) is 106 cm³/mol. The maximum atomic E-state index is 12.3. The molecule has 0 aliphatic rings. The smallest absolute Gasteiger partial charge is 0.308 e.